The van der Waals surface area contributed by atoms with Crippen molar-refractivity contribution in [1.29, 1.82) is 0 Å². The highest BCUT2D eigenvalue weighted by Crippen LogP contribution is 2.48. The van der Waals surface area contributed by atoms with E-state index < -0.39 is 0 Å². The smallest absolute Gasteiger partial charge is 0.119 e. The van der Waals surface area contributed by atoms with Crippen LogP contribution in [0.1, 0.15) is 41.6 Å². The summed E-state index contributed by atoms with van der Waals surface area (Å²) in [6, 6.07) is 21.8. The second-order valence-corrected chi connectivity index (χ2v) is 7.60. The van der Waals surface area contributed by atoms with Crippen molar-refractivity contribution in [2.75, 3.05) is 13.7 Å². The van der Waals surface area contributed by atoms with Crippen molar-refractivity contribution in [3.05, 3.63) is 77.4 Å². The van der Waals surface area contributed by atoms with Crippen LogP contribution in [-0.4, -0.2) is 13.7 Å². The van der Waals surface area contributed by atoms with Gasteiger partial charge in [-0.25, -0.2) is 0 Å². The van der Waals surface area contributed by atoms with Gasteiger partial charge in [0.25, 0.3) is 0 Å². The zero-order valence-corrected chi connectivity index (χ0v) is 15.2. The normalized spacial score (nSPS) is 24.7. The third-order valence-corrected chi connectivity index (χ3v) is 6.26. The Labute approximate surface area is 154 Å². The number of hydrogen-bond donors (Lipinski definition) is 0. The van der Waals surface area contributed by atoms with E-state index in [-0.39, 0.29) is 6.10 Å². The monoisotopic (exact) mass is 344 g/mol. The fourth-order valence-corrected chi connectivity index (χ4v) is 4.87. The molecule has 1 aliphatic heterocycles. The molecule has 2 aliphatic rings. The molecule has 3 aromatic rings. The maximum atomic E-state index is 6.38. The number of methoxy groups -OCH3 is 1. The Morgan fingerprint density at radius 3 is 2.77 bits per heavy atom. The zero-order valence-electron chi connectivity index (χ0n) is 15.2. The average Bonchev–Trinajstić information content (AvgIpc) is 2.72. The number of benzene rings is 3. The first-order valence-corrected chi connectivity index (χ1v) is 9.59. The Balaban J connectivity index is 1.53. The quantitative estimate of drug-likeness (QED) is 0.597. The Kier molecular flexibility index (Phi) is 3.94. The van der Waals surface area contributed by atoms with Crippen molar-refractivity contribution < 1.29 is 9.47 Å². The van der Waals surface area contributed by atoms with E-state index in [1.165, 1.54) is 33.9 Å². The van der Waals surface area contributed by atoms with Crippen LogP contribution in [-0.2, 0) is 11.2 Å². The molecule has 132 valence electrons. The third kappa shape index (κ3) is 2.60. The summed E-state index contributed by atoms with van der Waals surface area (Å²) in [6.45, 7) is 0.856. The van der Waals surface area contributed by atoms with Gasteiger partial charge in [-0.15, -0.1) is 0 Å². The molecule has 2 nitrogen and oxygen atoms in total. The lowest BCUT2D eigenvalue weighted by Crippen LogP contribution is -2.32. The number of hydrogen-bond acceptors (Lipinski definition) is 2. The maximum Gasteiger partial charge on any atom is 0.119 e. The molecular formula is C24H24O2. The SMILES string of the molecule is COc1ccc2c(c1)[C@H]1C[C@@H](c3cccc4ccccc34)OC[C@@H]1CC2. The van der Waals surface area contributed by atoms with E-state index in [4.69, 9.17) is 9.47 Å². The van der Waals surface area contributed by atoms with Crippen LogP contribution < -0.4 is 4.74 Å². The zero-order chi connectivity index (χ0) is 17.5. The first-order valence-electron chi connectivity index (χ1n) is 9.59. The van der Waals surface area contributed by atoms with Gasteiger partial charge in [0.1, 0.15) is 5.75 Å². The highest BCUT2D eigenvalue weighted by molar-refractivity contribution is 5.86. The van der Waals surface area contributed by atoms with Crippen LogP contribution >= 0.6 is 0 Å². The molecule has 3 aromatic carbocycles. The second-order valence-electron chi connectivity index (χ2n) is 7.60. The predicted molar refractivity (Wildman–Crippen MR) is 105 cm³/mol. The third-order valence-electron chi connectivity index (χ3n) is 6.26. The minimum Gasteiger partial charge on any atom is -0.497 e. The fraction of sp³-hybridized carbons (Fsp3) is 0.333. The minimum atomic E-state index is 0.166. The van der Waals surface area contributed by atoms with Crippen molar-refractivity contribution in [2.45, 2.75) is 31.3 Å². The molecule has 0 saturated carbocycles. The van der Waals surface area contributed by atoms with Crippen LogP contribution in [0.2, 0.25) is 0 Å². The van der Waals surface area contributed by atoms with Gasteiger partial charge >= 0.3 is 0 Å². The van der Waals surface area contributed by atoms with E-state index in [1.807, 2.05) is 0 Å². The number of aryl methyl sites for hydroxylation is 1. The topological polar surface area (TPSA) is 18.5 Å². The summed E-state index contributed by atoms with van der Waals surface area (Å²) < 4.78 is 11.9. The first-order chi connectivity index (χ1) is 12.8. The summed E-state index contributed by atoms with van der Waals surface area (Å²) in [7, 11) is 1.75. The predicted octanol–water partition coefficient (Wildman–Crippen LogP) is 5.66. The lowest BCUT2D eigenvalue weighted by Gasteiger charge is -2.41. The molecule has 0 bridgehead atoms. The number of ether oxygens (including phenoxy) is 2. The molecule has 0 radical (unpaired) electrons. The van der Waals surface area contributed by atoms with Gasteiger partial charge in [0.2, 0.25) is 0 Å². The van der Waals surface area contributed by atoms with Gasteiger partial charge < -0.3 is 9.47 Å². The van der Waals surface area contributed by atoms with E-state index in [0.717, 1.165) is 25.2 Å². The van der Waals surface area contributed by atoms with Crippen LogP contribution in [0.25, 0.3) is 10.8 Å². The fourth-order valence-electron chi connectivity index (χ4n) is 4.87. The summed E-state index contributed by atoms with van der Waals surface area (Å²) in [5.74, 6) is 2.16. The standard InChI is InChI=1S/C24H24O2/c1-25-19-12-11-17-9-10-18-15-26-24(14-23(18)22(17)13-19)21-8-4-6-16-5-2-3-7-20(16)21/h2-8,11-13,18,23-24H,9-10,14-15H2,1H3/t18-,23-,24-/m0/s1. The second kappa shape index (κ2) is 6.44. The van der Waals surface area contributed by atoms with Gasteiger partial charge in [0.05, 0.1) is 19.8 Å². The first kappa shape index (κ1) is 15.9. The van der Waals surface area contributed by atoms with Gasteiger partial charge in [-0.2, -0.15) is 0 Å². The van der Waals surface area contributed by atoms with Crippen molar-refractivity contribution >= 4 is 10.8 Å². The summed E-state index contributed by atoms with van der Waals surface area (Å²) in [4.78, 5) is 0. The van der Waals surface area contributed by atoms with Gasteiger partial charge in [-0.1, -0.05) is 48.5 Å². The molecule has 0 aromatic heterocycles. The maximum absolute atomic E-state index is 6.38. The van der Waals surface area contributed by atoms with Crippen LogP contribution in [0.5, 0.6) is 5.75 Å². The van der Waals surface area contributed by atoms with Crippen LogP contribution in [0, 0.1) is 5.92 Å². The Bertz CT molecular complexity index is 941. The van der Waals surface area contributed by atoms with Crippen molar-refractivity contribution in [3.63, 3.8) is 0 Å². The largest absolute Gasteiger partial charge is 0.497 e. The lowest BCUT2D eigenvalue weighted by molar-refractivity contribution is -0.0333. The Hall–Kier alpha value is -2.32. The highest BCUT2D eigenvalue weighted by atomic mass is 16.5. The van der Waals surface area contributed by atoms with Crippen molar-refractivity contribution in [2.24, 2.45) is 5.92 Å². The summed E-state index contributed by atoms with van der Waals surface area (Å²) >= 11 is 0. The van der Waals surface area contributed by atoms with Crippen LogP contribution in [0.4, 0.5) is 0 Å². The number of fused-ring (bicyclic) bond motifs is 4. The van der Waals surface area contributed by atoms with Gasteiger partial charge in [0, 0.05) is 0 Å². The van der Waals surface area contributed by atoms with Crippen molar-refractivity contribution in [3.8, 4) is 5.75 Å². The molecule has 1 saturated heterocycles. The van der Waals surface area contributed by atoms with E-state index in [9.17, 15) is 0 Å². The van der Waals surface area contributed by atoms with E-state index in [1.54, 1.807) is 7.11 Å². The number of rotatable bonds is 2. The summed E-state index contributed by atoms with van der Waals surface area (Å²) in [6.07, 6.45) is 3.60. The molecule has 0 spiro atoms. The molecule has 1 heterocycles. The average molecular weight is 344 g/mol. The van der Waals surface area contributed by atoms with Gasteiger partial charge in [-0.05, 0) is 70.7 Å². The van der Waals surface area contributed by atoms with Crippen LogP contribution in [0.3, 0.4) is 0 Å². The van der Waals surface area contributed by atoms with Gasteiger partial charge in [0.15, 0.2) is 0 Å². The molecule has 0 unspecified atom stereocenters. The summed E-state index contributed by atoms with van der Waals surface area (Å²) in [5.41, 5.74) is 4.30. The lowest BCUT2D eigenvalue weighted by atomic mass is 9.71. The van der Waals surface area contributed by atoms with Crippen molar-refractivity contribution in [1.82, 2.24) is 0 Å². The molecule has 0 N–H and O–H groups in total. The van der Waals surface area contributed by atoms with E-state index in [0.29, 0.717) is 11.8 Å². The molecule has 26 heavy (non-hydrogen) atoms. The molecule has 1 aliphatic carbocycles. The van der Waals surface area contributed by atoms with Crippen LogP contribution in [0.15, 0.2) is 60.7 Å². The van der Waals surface area contributed by atoms with E-state index >= 15 is 0 Å². The molecule has 1 fully saturated rings. The van der Waals surface area contributed by atoms with E-state index in [2.05, 4.69) is 60.7 Å². The summed E-state index contributed by atoms with van der Waals surface area (Å²) in [5, 5.41) is 2.61. The Morgan fingerprint density at radius 1 is 0.962 bits per heavy atom. The molecule has 5 rings (SSSR count). The Morgan fingerprint density at radius 2 is 1.85 bits per heavy atom. The molecule has 0 amide bonds. The molecule has 3 atom stereocenters. The minimum absolute atomic E-state index is 0.166. The molecular weight excluding hydrogens is 320 g/mol. The van der Waals surface area contributed by atoms with Gasteiger partial charge in [-0.3, -0.25) is 0 Å². The molecule has 2 heteroatoms. The highest BCUT2D eigenvalue weighted by Gasteiger charge is 2.37.